The lowest BCUT2D eigenvalue weighted by atomic mass is 9.94. The molecule has 0 saturated heterocycles. The molecular formula is C14H20N2O3S. The molecule has 0 spiro atoms. The van der Waals surface area contributed by atoms with Crippen molar-refractivity contribution in [2.45, 2.75) is 51.0 Å². The summed E-state index contributed by atoms with van der Waals surface area (Å²) in [6.45, 7) is 9.82. The normalized spacial score (nSPS) is 15.2. The summed E-state index contributed by atoms with van der Waals surface area (Å²) < 4.78 is 23.0. The summed E-state index contributed by atoms with van der Waals surface area (Å²) in [5.41, 5.74) is 0.589. The van der Waals surface area contributed by atoms with Crippen LogP contribution < -0.4 is 0 Å². The smallest absolute Gasteiger partial charge is 0.209 e. The van der Waals surface area contributed by atoms with Gasteiger partial charge in [0.25, 0.3) is 0 Å². The Balaban J connectivity index is 2.08. The minimum atomic E-state index is -1.15. The lowest BCUT2D eigenvalue weighted by Crippen LogP contribution is -2.09. The Labute approximate surface area is 121 Å². The van der Waals surface area contributed by atoms with E-state index in [1.54, 1.807) is 12.3 Å². The maximum Gasteiger partial charge on any atom is 0.209 e. The highest BCUT2D eigenvalue weighted by Gasteiger charge is 2.24. The quantitative estimate of drug-likeness (QED) is 0.866. The molecule has 0 fully saturated rings. The van der Waals surface area contributed by atoms with Crippen molar-refractivity contribution in [3.05, 3.63) is 35.4 Å². The van der Waals surface area contributed by atoms with Gasteiger partial charge < -0.3 is 8.94 Å². The van der Waals surface area contributed by atoms with Gasteiger partial charge in [-0.15, -0.1) is 0 Å². The zero-order valence-electron chi connectivity index (χ0n) is 12.5. The Morgan fingerprint density at radius 1 is 1.40 bits per heavy atom. The molecule has 0 aliphatic carbocycles. The van der Waals surface area contributed by atoms with Gasteiger partial charge in [0.15, 0.2) is 0 Å². The SMILES string of the molecule is Cc1cc(CS(=O)C(C)c2ncc(C(C)(C)C)o2)no1. The topological polar surface area (TPSA) is 69.1 Å². The minimum Gasteiger partial charge on any atom is -0.444 e. The van der Waals surface area contributed by atoms with Crippen LogP contribution in [0.25, 0.3) is 0 Å². The van der Waals surface area contributed by atoms with Crippen molar-refractivity contribution >= 4 is 10.8 Å². The number of hydrogen-bond acceptors (Lipinski definition) is 5. The van der Waals surface area contributed by atoms with Gasteiger partial charge in [-0.3, -0.25) is 4.21 Å². The van der Waals surface area contributed by atoms with Crippen LogP contribution in [0.1, 0.15) is 56.1 Å². The third-order valence-corrected chi connectivity index (χ3v) is 4.54. The van der Waals surface area contributed by atoms with E-state index in [0.717, 1.165) is 11.5 Å². The fourth-order valence-electron chi connectivity index (χ4n) is 1.69. The van der Waals surface area contributed by atoms with Gasteiger partial charge in [-0.2, -0.15) is 0 Å². The fourth-order valence-corrected chi connectivity index (χ4v) is 2.70. The molecule has 110 valence electrons. The predicted molar refractivity (Wildman–Crippen MR) is 76.7 cm³/mol. The van der Waals surface area contributed by atoms with E-state index >= 15 is 0 Å². The molecule has 5 nitrogen and oxygen atoms in total. The maximum absolute atomic E-state index is 12.3. The van der Waals surface area contributed by atoms with Crippen LogP contribution in [0.5, 0.6) is 0 Å². The van der Waals surface area contributed by atoms with Crippen LogP contribution in [0.4, 0.5) is 0 Å². The average molecular weight is 296 g/mol. The van der Waals surface area contributed by atoms with Gasteiger partial charge in [-0.05, 0) is 13.8 Å². The van der Waals surface area contributed by atoms with E-state index in [2.05, 4.69) is 30.9 Å². The van der Waals surface area contributed by atoms with E-state index in [-0.39, 0.29) is 10.7 Å². The molecule has 0 aromatic carbocycles. The Morgan fingerprint density at radius 2 is 2.10 bits per heavy atom. The highest BCUT2D eigenvalue weighted by atomic mass is 32.2. The minimum absolute atomic E-state index is 0.102. The summed E-state index contributed by atoms with van der Waals surface area (Å²) in [7, 11) is -1.15. The van der Waals surface area contributed by atoms with Crippen LogP contribution in [-0.4, -0.2) is 14.3 Å². The van der Waals surface area contributed by atoms with Crippen LogP contribution >= 0.6 is 0 Å². The van der Waals surface area contributed by atoms with E-state index in [4.69, 9.17) is 8.94 Å². The second-order valence-corrected chi connectivity index (χ2v) is 7.67. The summed E-state index contributed by atoms with van der Waals surface area (Å²) >= 11 is 0. The van der Waals surface area contributed by atoms with Crippen molar-refractivity contribution in [2.75, 3.05) is 0 Å². The maximum atomic E-state index is 12.3. The van der Waals surface area contributed by atoms with Crippen molar-refractivity contribution in [1.82, 2.24) is 10.1 Å². The molecule has 0 radical (unpaired) electrons. The zero-order valence-corrected chi connectivity index (χ0v) is 13.3. The number of aromatic nitrogens is 2. The molecule has 0 amide bonds. The van der Waals surface area contributed by atoms with Crippen LogP contribution in [0, 0.1) is 6.92 Å². The van der Waals surface area contributed by atoms with Crippen molar-refractivity contribution in [1.29, 1.82) is 0 Å². The molecule has 6 heteroatoms. The van der Waals surface area contributed by atoms with E-state index in [9.17, 15) is 4.21 Å². The second kappa shape index (κ2) is 5.52. The third kappa shape index (κ3) is 3.36. The number of rotatable bonds is 4. The lowest BCUT2D eigenvalue weighted by Gasteiger charge is -2.13. The van der Waals surface area contributed by atoms with Gasteiger partial charge in [0, 0.05) is 22.3 Å². The Kier molecular flexibility index (Phi) is 4.13. The average Bonchev–Trinajstić information content (AvgIpc) is 2.96. The van der Waals surface area contributed by atoms with Crippen LogP contribution in [0.2, 0.25) is 0 Å². The molecule has 0 aliphatic heterocycles. The van der Waals surface area contributed by atoms with Crippen molar-refractivity contribution in [2.24, 2.45) is 0 Å². The molecule has 2 aromatic heterocycles. The highest BCUT2D eigenvalue weighted by Crippen LogP contribution is 2.27. The Morgan fingerprint density at radius 3 is 2.60 bits per heavy atom. The first-order valence-electron chi connectivity index (χ1n) is 6.53. The summed E-state index contributed by atoms with van der Waals surface area (Å²) in [6.07, 6.45) is 1.71. The molecule has 2 unspecified atom stereocenters. The molecule has 0 N–H and O–H groups in total. The summed E-state index contributed by atoms with van der Waals surface area (Å²) in [6, 6.07) is 1.79. The van der Waals surface area contributed by atoms with E-state index in [1.807, 2.05) is 13.8 Å². The first kappa shape index (κ1) is 15.0. The number of aryl methyl sites for hydroxylation is 1. The fraction of sp³-hybridized carbons (Fsp3) is 0.571. The van der Waals surface area contributed by atoms with Crippen LogP contribution in [-0.2, 0) is 22.0 Å². The Hall–Kier alpha value is -1.43. The van der Waals surface area contributed by atoms with E-state index < -0.39 is 10.8 Å². The Bertz CT molecular complexity index is 610. The van der Waals surface area contributed by atoms with Gasteiger partial charge in [-0.25, -0.2) is 4.98 Å². The molecular weight excluding hydrogens is 276 g/mol. The van der Waals surface area contributed by atoms with E-state index in [1.165, 1.54) is 0 Å². The van der Waals surface area contributed by atoms with Crippen molar-refractivity contribution in [3.8, 4) is 0 Å². The molecule has 0 bridgehead atoms. The second-order valence-electron chi connectivity index (χ2n) is 5.91. The van der Waals surface area contributed by atoms with Crippen LogP contribution in [0.3, 0.4) is 0 Å². The van der Waals surface area contributed by atoms with E-state index in [0.29, 0.717) is 17.3 Å². The van der Waals surface area contributed by atoms with Gasteiger partial charge >= 0.3 is 0 Å². The van der Waals surface area contributed by atoms with Gasteiger partial charge in [0.05, 0.1) is 17.6 Å². The monoisotopic (exact) mass is 296 g/mol. The third-order valence-electron chi connectivity index (χ3n) is 2.97. The molecule has 2 atom stereocenters. The summed E-state index contributed by atoms with van der Waals surface area (Å²) in [4.78, 5) is 4.25. The van der Waals surface area contributed by atoms with Crippen molar-refractivity contribution in [3.63, 3.8) is 0 Å². The number of oxazole rings is 1. The first-order chi connectivity index (χ1) is 9.27. The molecule has 2 aromatic rings. The van der Waals surface area contributed by atoms with Gasteiger partial charge in [0.1, 0.15) is 16.8 Å². The van der Waals surface area contributed by atoms with Crippen LogP contribution in [0.15, 0.2) is 21.2 Å². The number of hydrogen-bond donors (Lipinski definition) is 0. The molecule has 2 rings (SSSR count). The highest BCUT2D eigenvalue weighted by molar-refractivity contribution is 7.84. The number of nitrogens with zero attached hydrogens (tertiary/aromatic N) is 2. The summed E-state index contributed by atoms with van der Waals surface area (Å²) in [5, 5.41) is 3.58. The first-order valence-corrected chi connectivity index (χ1v) is 7.91. The zero-order chi connectivity index (χ0) is 14.9. The molecule has 2 heterocycles. The summed E-state index contributed by atoms with van der Waals surface area (Å²) in [5.74, 6) is 2.36. The van der Waals surface area contributed by atoms with Crippen molar-refractivity contribution < 1.29 is 13.1 Å². The molecule has 0 saturated carbocycles. The molecule has 0 aliphatic rings. The largest absolute Gasteiger partial charge is 0.444 e. The standard InChI is InChI=1S/C14H20N2O3S/c1-9-6-11(16-19-9)8-20(17)10(2)13-15-7-12(18-13)14(3,4)5/h6-7,10H,8H2,1-5H3. The lowest BCUT2D eigenvalue weighted by molar-refractivity contribution is 0.382. The molecule has 20 heavy (non-hydrogen) atoms. The predicted octanol–water partition coefficient (Wildman–Crippen LogP) is 3.28. The van der Waals surface area contributed by atoms with Gasteiger partial charge in [0.2, 0.25) is 5.89 Å². The van der Waals surface area contributed by atoms with Gasteiger partial charge in [-0.1, -0.05) is 25.9 Å².